The maximum absolute atomic E-state index is 12.8. The molecule has 0 fully saturated rings. The van der Waals surface area contributed by atoms with E-state index in [1.807, 2.05) is 120 Å². The van der Waals surface area contributed by atoms with Crippen LogP contribution >= 0.6 is 22.7 Å². The van der Waals surface area contributed by atoms with E-state index in [1.54, 1.807) is 52.6 Å². The molecule has 62 heavy (non-hydrogen) atoms. The predicted molar refractivity (Wildman–Crippen MR) is 243 cm³/mol. The van der Waals surface area contributed by atoms with Gasteiger partial charge in [0.1, 0.15) is 42.3 Å². The molecule has 0 atom stereocenters. The minimum Gasteiger partial charge on any atom is -0.462 e. The molecule has 0 radical (unpaired) electrons. The Morgan fingerprint density at radius 2 is 0.645 bits per heavy atom. The Kier molecular flexibility index (Phi) is 16.4. The molecule has 0 saturated carbocycles. The lowest BCUT2D eigenvalue weighted by molar-refractivity contribution is 0.0481. The number of carbonyl (C=O) groups excluding carboxylic acids is 4. The number of ether oxygens (including phenoxy) is 4. The van der Waals surface area contributed by atoms with E-state index in [-0.39, 0.29) is 48.7 Å². The number of esters is 4. The molecule has 0 amide bonds. The highest BCUT2D eigenvalue weighted by molar-refractivity contribution is 7.20. The summed E-state index contributed by atoms with van der Waals surface area (Å²) in [7, 11) is 7.56. The standard InChI is InChI=1S/2C22H24N4O4S/c2*1-5-29-21(27)17-18(22(28)30-6-2)20(24-14-16-10-8-12-26(16)4)31-19(17)23-13-15-9-7-11-25(15)3/h2*7-14H,5-6H2,1-4H3/b2*23-13+,24-14+. The molecule has 6 aromatic rings. The monoisotopic (exact) mass is 880 g/mol. The Labute approximate surface area is 367 Å². The first kappa shape index (κ1) is 46.2. The first-order valence-electron chi connectivity index (χ1n) is 19.6. The van der Waals surface area contributed by atoms with E-state index in [0.717, 1.165) is 45.4 Å². The maximum Gasteiger partial charge on any atom is 0.342 e. The van der Waals surface area contributed by atoms with Crippen molar-refractivity contribution >= 4 is 91.4 Å². The zero-order valence-electron chi connectivity index (χ0n) is 35.7. The molecule has 0 spiro atoms. The summed E-state index contributed by atoms with van der Waals surface area (Å²) in [5, 5.41) is 1.34. The second kappa shape index (κ2) is 22.1. The summed E-state index contributed by atoms with van der Waals surface area (Å²) in [4.78, 5) is 69.0. The van der Waals surface area contributed by atoms with Crippen molar-refractivity contribution in [3.05, 3.63) is 118 Å². The molecular weight excluding hydrogens is 833 g/mol. The zero-order valence-corrected chi connectivity index (χ0v) is 37.4. The first-order valence-corrected chi connectivity index (χ1v) is 21.2. The van der Waals surface area contributed by atoms with E-state index in [1.165, 1.54) is 0 Å². The number of aromatic nitrogens is 4. The van der Waals surface area contributed by atoms with Gasteiger partial charge in [-0.25, -0.2) is 39.1 Å². The molecule has 0 saturated heterocycles. The Bertz CT molecular complexity index is 2280. The zero-order chi connectivity index (χ0) is 44.8. The summed E-state index contributed by atoms with van der Waals surface area (Å²) < 4.78 is 28.4. The Morgan fingerprint density at radius 1 is 0.435 bits per heavy atom. The van der Waals surface area contributed by atoms with Crippen LogP contribution in [0, 0.1) is 0 Å². The number of thiophene rings is 2. The lowest BCUT2D eigenvalue weighted by atomic mass is 10.1. The van der Waals surface area contributed by atoms with Crippen LogP contribution in [0.15, 0.2) is 93.3 Å². The van der Waals surface area contributed by atoms with Crippen molar-refractivity contribution in [2.45, 2.75) is 27.7 Å². The largest absolute Gasteiger partial charge is 0.462 e. The molecule has 0 bridgehead atoms. The van der Waals surface area contributed by atoms with Gasteiger partial charge in [0.25, 0.3) is 0 Å². The van der Waals surface area contributed by atoms with E-state index < -0.39 is 23.9 Å². The van der Waals surface area contributed by atoms with Gasteiger partial charge in [-0.15, -0.1) is 0 Å². The third kappa shape index (κ3) is 11.3. The van der Waals surface area contributed by atoms with E-state index in [4.69, 9.17) is 18.9 Å². The van der Waals surface area contributed by atoms with E-state index >= 15 is 0 Å². The van der Waals surface area contributed by atoms with Crippen LogP contribution in [0.4, 0.5) is 20.0 Å². The van der Waals surface area contributed by atoms with E-state index in [9.17, 15) is 19.2 Å². The summed E-state index contributed by atoms with van der Waals surface area (Å²) in [6.07, 6.45) is 14.1. The van der Waals surface area contributed by atoms with Crippen LogP contribution < -0.4 is 0 Å². The van der Waals surface area contributed by atoms with E-state index in [0.29, 0.717) is 20.0 Å². The molecule has 324 valence electrons. The van der Waals surface area contributed by atoms with Gasteiger partial charge in [-0.3, -0.25) is 0 Å². The van der Waals surface area contributed by atoms with Gasteiger partial charge in [-0.1, -0.05) is 22.7 Å². The molecule has 16 nitrogen and oxygen atoms in total. The summed E-state index contributed by atoms with van der Waals surface area (Å²) in [6.45, 7) is 7.48. The quantitative estimate of drug-likeness (QED) is 0.0528. The van der Waals surface area contributed by atoms with Crippen molar-refractivity contribution in [3.8, 4) is 0 Å². The number of carbonyl (C=O) groups is 4. The molecule has 0 aliphatic rings. The van der Waals surface area contributed by atoms with Crippen molar-refractivity contribution in [1.29, 1.82) is 0 Å². The maximum atomic E-state index is 12.8. The molecule has 6 rings (SSSR count). The summed E-state index contributed by atoms with van der Waals surface area (Å²) in [5.41, 5.74) is 3.63. The minimum absolute atomic E-state index is 0.0646. The second-order valence-electron chi connectivity index (χ2n) is 13.0. The Hall–Kier alpha value is -6.92. The van der Waals surface area contributed by atoms with Crippen LogP contribution in [0.25, 0.3) is 0 Å². The number of aryl methyl sites for hydroxylation is 4. The van der Waals surface area contributed by atoms with Crippen molar-refractivity contribution in [1.82, 2.24) is 18.3 Å². The van der Waals surface area contributed by atoms with Crippen molar-refractivity contribution in [3.63, 3.8) is 0 Å². The van der Waals surface area contributed by atoms with E-state index in [2.05, 4.69) is 20.0 Å². The van der Waals surface area contributed by atoms with Gasteiger partial charge < -0.3 is 37.2 Å². The average molecular weight is 881 g/mol. The normalized spacial score (nSPS) is 11.5. The third-order valence-corrected chi connectivity index (χ3v) is 10.9. The van der Waals surface area contributed by atoms with Crippen LogP contribution in [0.3, 0.4) is 0 Å². The summed E-state index contributed by atoms with van der Waals surface area (Å²) >= 11 is 2.27. The lowest BCUT2D eigenvalue weighted by Crippen LogP contribution is -2.12. The van der Waals surface area contributed by atoms with Crippen molar-refractivity contribution in [2.24, 2.45) is 48.2 Å². The highest BCUT2D eigenvalue weighted by Gasteiger charge is 2.31. The van der Waals surface area contributed by atoms with Crippen molar-refractivity contribution < 1.29 is 38.1 Å². The van der Waals surface area contributed by atoms with Crippen LogP contribution in [-0.2, 0) is 47.1 Å². The van der Waals surface area contributed by atoms with Gasteiger partial charge in [0.05, 0.1) is 74.1 Å². The molecular formula is C44H48N8O8S2. The second-order valence-corrected chi connectivity index (χ2v) is 15.0. The predicted octanol–water partition coefficient (Wildman–Crippen LogP) is 8.56. The molecule has 0 aromatic carbocycles. The number of nitrogens with zero attached hydrogens (tertiary/aromatic N) is 8. The fraction of sp³-hybridized carbons (Fsp3) is 0.273. The number of rotatable bonds is 16. The van der Waals surface area contributed by atoms with Gasteiger partial charge >= 0.3 is 23.9 Å². The molecule has 18 heteroatoms. The van der Waals surface area contributed by atoms with Crippen molar-refractivity contribution in [2.75, 3.05) is 26.4 Å². The summed E-state index contributed by atoms with van der Waals surface area (Å²) in [6, 6.07) is 15.1. The minimum atomic E-state index is -0.638. The van der Waals surface area contributed by atoms with Crippen LogP contribution in [0.2, 0.25) is 0 Å². The van der Waals surface area contributed by atoms with Gasteiger partial charge in [-0.2, -0.15) is 0 Å². The lowest BCUT2D eigenvalue weighted by Gasteiger charge is -2.06. The molecule has 0 unspecified atom stereocenters. The number of hydrogen-bond acceptors (Lipinski definition) is 14. The topological polar surface area (TPSA) is 174 Å². The van der Waals surface area contributed by atoms with Gasteiger partial charge in [-0.05, 0) is 76.2 Å². The fourth-order valence-electron chi connectivity index (χ4n) is 5.68. The van der Waals surface area contributed by atoms with Gasteiger partial charge in [0.15, 0.2) is 0 Å². The third-order valence-electron chi connectivity index (χ3n) is 8.85. The van der Waals surface area contributed by atoms with Crippen LogP contribution in [0.5, 0.6) is 0 Å². The molecule has 6 aromatic heterocycles. The highest BCUT2D eigenvalue weighted by Crippen LogP contribution is 2.44. The number of hydrogen-bond donors (Lipinski definition) is 0. The molecule has 0 aliphatic heterocycles. The van der Waals surface area contributed by atoms with Crippen LogP contribution in [0.1, 0.15) is 91.9 Å². The Balaban J connectivity index is 0.000000234. The number of aliphatic imine (C=N–C) groups is 4. The van der Waals surface area contributed by atoms with Crippen LogP contribution in [-0.4, -0.2) is 93.4 Å². The van der Waals surface area contributed by atoms with Gasteiger partial charge in [0.2, 0.25) is 0 Å². The highest BCUT2D eigenvalue weighted by atomic mass is 32.1. The smallest absolute Gasteiger partial charge is 0.342 e. The average Bonchev–Trinajstić information content (AvgIpc) is 4.11. The molecule has 0 aliphatic carbocycles. The first-order chi connectivity index (χ1) is 29.9. The molecule has 6 heterocycles. The van der Waals surface area contributed by atoms with Gasteiger partial charge in [0, 0.05) is 53.0 Å². The molecule has 0 N–H and O–H groups in total. The Morgan fingerprint density at radius 3 is 0.806 bits per heavy atom. The summed E-state index contributed by atoms with van der Waals surface area (Å²) in [5.74, 6) is -2.55. The fourth-order valence-corrected chi connectivity index (χ4v) is 7.62. The SMILES string of the molecule is CCOC(=O)c1c(/N=C/c2cccn2C)sc(/N=C/c2cccn2C)c1C(=O)OCC.CCOC(=O)c1c(/N=C/c2cccn2C)sc(/N=C/c2cccn2C)c1C(=O)OCC.